The van der Waals surface area contributed by atoms with E-state index in [0.717, 1.165) is 5.56 Å². The van der Waals surface area contributed by atoms with Gasteiger partial charge in [0.2, 0.25) is 0 Å². The van der Waals surface area contributed by atoms with Crippen molar-refractivity contribution in [1.82, 2.24) is 14.3 Å². The second-order valence-corrected chi connectivity index (χ2v) is 8.84. The number of hydrogen-bond acceptors (Lipinski definition) is 7. The first-order chi connectivity index (χ1) is 17.8. The minimum atomic E-state index is -0.822. The summed E-state index contributed by atoms with van der Waals surface area (Å²) in [5.41, 5.74) is 3.16. The maximum Gasteiger partial charge on any atom is 0.295 e. The molecule has 3 heterocycles. The Hall–Kier alpha value is -3.85. The fourth-order valence-corrected chi connectivity index (χ4v) is 4.75. The van der Waals surface area contributed by atoms with E-state index in [-0.39, 0.29) is 23.6 Å². The predicted octanol–water partition coefficient (Wildman–Crippen LogP) is 4.21. The Kier molecular flexibility index (Phi) is 7.83. The molecule has 3 aromatic rings. The molecule has 0 aliphatic carbocycles. The van der Waals surface area contributed by atoms with E-state index < -0.39 is 17.7 Å². The fourth-order valence-electron chi connectivity index (χ4n) is 4.75. The molecule has 0 radical (unpaired) electrons. The lowest BCUT2D eigenvalue weighted by atomic mass is 9.96. The standard InChI is InChI=1S/C28H33N3O6/c1-6-36-20-12-11-19(16-21(20)37-7-2)24-22(26(33)28(34)31(24)14-9-15-35-5)25(32)23-18(4)30-13-8-10-17(3)27(30)29-23/h8,10-13,16,24,32H,6-7,9,14-15H2,1-5H3. The largest absolute Gasteiger partial charge is 0.505 e. The number of nitrogens with zero attached hydrogens (tertiary/aromatic N) is 3. The number of imidazole rings is 1. The Bertz CT molecular complexity index is 1360. The number of ketones is 1. The smallest absolute Gasteiger partial charge is 0.295 e. The first kappa shape index (κ1) is 26.2. The van der Waals surface area contributed by atoms with E-state index in [1.807, 2.05) is 50.4 Å². The highest BCUT2D eigenvalue weighted by molar-refractivity contribution is 6.46. The van der Waals surface area contributed by atoms with Gasteiger partial charge in [-0.25, -0.2) is 4.98 Å². The lowest BCUT2D eigenvalue weighted by Crippen LogP contribution is -2.31. The average molecular weight is 508 g/mol. The highest BCUT2D eigenvalue weighted by Gasteiger charge is 2.46. The summed E-state index contributed by atoms with van der Waals surface area (Å²) < 4.78 is 18.5. The number of aryl methyl sites for hydroxylation is 2. The zero-order valence-corrected chi connectivity index (χ0v) is 21.9. The lowest BCUT2D eigenvalue weighted by molar-refractivity contribution is -0.140. The number of pyridine rings is 1. The van der Waals surface area contributed by atoms with Crippen LogP contribution in [0.3, 0.4) is 0 Å². The minimum absolute atomic E-state index is 0.00168. The van der Waals surface area contributed by atoms with Gasteiger partial charge in [-0.3, -0.25) is 9.59 Å². The Morgan fingerprint density at radius 3 is 2.49 bits per heavy atom. The number of benzene rings is 1. The van der Waals surface area contributed by atoms with Gasteiger partial charge in [0.15, 0.2) is 17.3 Å². The van der Waals surface area contributed by atoms with Gasteiger partial charge in [-0.05, 0) is 63.4 Å². The molecular weight excluding hydrogens is 474 g/mol. The van der Waals surface area contributed by atoms with Crippen molar-refractivity contribution in [2.45, 2.75) is 40.2 Å². The molecule has 1 aliphatic heterocycles. The van der Waals surface area contributed by atoms with E-state index in [4.69, 9.17) is 14.2 Å². The van der Waals surface area contributed by atoms with Crippen LogP contribution >= 0.6 is 0 Å². The average Bonchev–Trinajstić information content (AvgIpc) is 3.35. The Morgan fingerprint density at radius 2 is 1.81 bits per heavy atom. The summed E-state index contributed by atoms with van der Waals surface area (Å²) in [6.07, 6.45) is 2.38. The number of carbonyl (C=O) groups is 2. The summed E-state index contributed by atoms with van der Waals surface area (Å²) in [7, 11) is 1.58. The lowest BCUT2D eigenvalue weighted by Gasteiger charge is -2.26. The van der Waals surface area contributed by atoms with E-state index in [2.05, 4.69) is 4.98 Å². The van der Waals surface area contributed by atoms with Crippen molar-refractivity contribution in [2.24, 2.45) is 0 Å². The molecule has 0 bridgehead atoms. The normalized spacial score (nSPS) is 17.1. The van der Waals surface area contributed by atoms with Gasteiger partial charge in [-0.1, -0.05) is 12.1 Å². The molecule has 1 unspecified atom stereocenters. The van der Waals surface area contributed by atoms with E-state index in [9.17, 15) is 14.7 Å². The van der Waals surface area contributed by atoms with Gasteiger partial charge < -0.3 is 28.6 Å². The Balaban J connectivity index is 1.91. The summed E-state index contributed by atoms with van der Waals surface area (Å²) in [4.78, 5) is 32.7. The van der Waals surface area contributed by atoms with Gasteiger partial charge in [0.1, 0.15) is 11.3 Å². The van der Waals surface area contributed by atoms with Crippen LogP contribution in [-0.4, -0.2) is 64.6 Å². The van der Waals surface area contributed by atoms with Crippen molar-refractivity contribution in [2.75, 3.05) is 33.5 Å². The first-order valence-corrected chi connectivity index (χ1v) is 12.4. The molecule has 37 heavy (non-hydrogen) atoms. The molecule has 1 saturated heterocycles. The first-order valence-electron chi connectivity index (χ1n) is 12.4. The summed E-state index contributed by atoms with van der Waals surface area (Å²) in [5, 5.41) is 11.5. The van der Waals surface area contributed by atoms with Crippen LogP contribution in [0.5, 0.6) is 11.5 Å². The third-order valence-corrected chi connectivity index (χ3v) is 6.48. The molecule has 0 saturated carbocycles. The third kappa shape index (κ3) is 4.79. The quantitative estimate of drug-likeness (QED) is 0.190. The molecule has 1 atom stereocenters. The number of fused-ring (bicyclic) bond motifs is 1. The van der Waals surface area contributed by atoms with E-state index in [0.29, 0.717) is 54.6 Å². The minimum Gasteiger partial charge on any atom is -0.505 e. The summed E-state index contributed by atoms with van der Waals surface area (Å²) in [6.45, 7) is 9.07. The number of likely N-dealkylation sites (tertiary alicyclic amines) is 1. The van der Waals surface area contributed by atoms with Gasteiger partial charge in [-0.15, -0.1) is 0 Å². The summed E-state index contributed by atoms with van der Waals surface area (Å²) in [5.74, 6) is -0.656. The zero-order valence-electron chi connectivity index (χ0n) is 21.9. The van der Waals surface area contributed by atoms with Crippen molar-refractivity contribution in [3.63, 3.8) is 0 Å². The second kappa shape index (κ2) is 11.0. The number of carbonyl (C=O) groups excluding carboxylic acids is 2. The van der Waals surface area contributed by atoms with Gasteiger partial charge in [-0.2, -0.15) is 0 Å². The maximum atomic E-state index is 13.4. The van der Waals surface area contributed by atoms with Crippen LogP contribution in [0, 0.1) is 13.8 Å². The van der Waals surface area contributed by atoms with E-state index in [1.54, 1.807) is 25.3 Å². The van der Waals surface area contributed by atoms with Crippen molar-refractivity contribution in [3.05, 3.63) is 64.6 Å². The number of methoxy groups -OCH3 is 1. The highest BCUT2D eigenvalue weighted by Crippen LogP contribution is 2.42. The number of hydrogen-bond donors (Lipinski definition) is 1. The number of rotatable bonds is 10. The number of aliphatic hydroxyl groups excluding tert-OH is 1. The van der Waals surface area contributed by atoms with Crippen LogP contribution in [-0.2, 0) is 14.3 Å². The number of aromatic nitrogens is 2. The predicted molar refractivity (Wildman–Crippen MR) is 139 cm³/mol. The van der Waals surface area contributed by atoms with Crippen molar-refractivity contribution < 1.29 is 28.9 Å². The van der Waals surface area contributed by atoms with Crippen LogP contribution in [0.25, 0.3) is 11.4 Å². The fraction of sp³-hybridized carbons (Fsp3) is 0.393. The van der Waals surface area contributed by atoms with Gasteiger partial charge >= 0.3 is 0 Å². The number of aliphatic hydroxyl groups is 1. The molecule has 4 rings (SSSR count). The molecule has 1 aromatic carbocycles. The molecule has 1 amide bonds. The molecule has 196 valence electrons. The molecular formula is C28H33N3O6. The molecule has 2 aromatic heterocycles. The molecule has 1 aliphatic rings. The van der Waals surface area contributed by atoms with Crippen LogP contribution < -0.4 is 9.47 Å². The van der Waals surface area contributed by atoms with E-state index in [1.165, 1.54) is 4.90 Å². The number of Topliss-reactive ketones (excluding diaryl/α,β-unsaturated/α-hetero) is 1. The van der Waals surface area contributed by atoms with Crippen LogP contribution in [0.15, 0.2) is 42.1 Å². The maximum absolute atomic E-state index is 13.4. The van der Waals surface area contributed by atoms with Crippen molar-refractivity contribution in [1.29, 1.82) is 0 Å². The number of amides is 1. The molecule has 9 heteroatoms. The molecule has 1 fully saturated rings. The SMILES string of the molecule is CCOc1ccc(C2C(=C(O)c3nc4c(C)cccn4c3C)C(=O)C(=O)N2CCCOC)cc1OCC. The van der Waals surface area contributed by atoms with Crippen molar-refractivity contribution in [3.8, 4) is 11.5 Å². The number of ether oxygens (including phenoxy) is 3. The zero-order chi connectivity index (χ0) is 26.7. The Labute approximate surface area is 216 Å². The van der Waals surface area contributed by atoms with Crippen molar-refractivity contribution >= 4 is 23.1 Å². The highest BCUT2D eigenvalue weighted by atomic mass is 16.5. The third-order valence-electron chi connectivity index (χ3n) is 6.48. The molecule has 9 nitrogen and oxygen atoms in total. The Morgan fingerprint density at radius 1 is 1.08 bits per heavy atom. The topological polar surface area (TPSA) is 103 Å². The molecule has 0 spiro atoms. The van der Waals surface area contributed by atoms with Crippen LogP contribution in [0.2, 0.25) is 0 Å². The van der Waals surface area contributed by atoms with Gasteiger partial charge in [0.25, 0.3) is 11.7 Å². The monoisotopic (exact) mass is 507 g/mol. The second-order valence-electron chi connectivity index (χ2n) is 8.84. The summed E-state index contributed by atoms with van der Waals surface area (Å²) in [6, 6.07) is 8.32. The molecule has 1 N–H and O–H groups in total. The summed E-state index contributed by atoms with van der Waals surface area (Å²) >= 11 is 0. The van der Waals surface area contributed by atoms with Crippen LogP contribution in [0.4, 0.5) is 0 Å². The van der Waals surface area contributed by atoms with E-state index >= 15 is 0 Å². The van der Waals surface area contributed by atoms with Gasteiger partial charge in [0.05, 0.1) is 30.5 Å². The van der Waals surface area contributed by atoms with Gasteiger partial charge in [0, 0.05) is 26.5 Å². The van der Waals surface area contributed by atoms with Crippen LogP contribution in [0.1, 0.15) is 48.8 Å².